The van der Waals surface area contributed by atoms with E-state index in [4.69, 9.17) is 10.1 Å². The largest absolute Gasteiger partial charge is 0.346 e. The van der Waals surface area contributed by atoms with Crippen molar-refractivity contribution in [2.24, 2.45) is 0 Å². The molecule has 0 saturated carbocycles. The molecule has 4 aromatic rings. The van der Waals surface area contributed by atoms with E-state index in [9.17, 15) is 9.59 Å². The quantitative estimate of drug-likeness (QED) is 0.341. The van der Waals surface area contributed by atoms with Crippen molar-refractivity contribution >= 4 is 34.9 Å². The van der Waals surface area contributed by atoms with Crippen molar-refractivity contribution in [1.29, 1.82) is 0 Å². The van der Waals surface area contributed by atoms with E-state index in [0.29, 0.717) is 29.7 Å². The molecular formula is C31H39N11O2. The highest BCUT2D eigenvalue weighted by molar-refractivity contribution is 5.92. The summed E-state index contributed by atoms with van der Waals surface area (Å²) >= 11 is 0. The second-order valence-corrected chi connectivity index (χ2v) is 12.6. The van der Waals surface area contributed by atoms with Gasteiger partial charge in [0.15, 0.2) is 11.5 Å². The van der Waals surface area contributed by atoms with Crippen LogP contribution in [-0.2, 0) is 10.2 Å². The summed E-state index contributed by atoms with van der Waals surface area (Å²) in [5, 5.41) is 11.2. The Kier molecular flexibility index (Phi) is 7.89. The molecular weight excluding hydrogens is 558 g/mol. The summed E-state index contributed by atoms with van der Waals surface area (Å²) in [4.78, 5) is 49.9. The molecule has 2 N–H and O–H groups in total. The first-order chi connectivity index (χ1) is 21.1. The first-order valence-electron chi connectivity index (χ1n) is 15.0. The predicted molar refractivity (Wildman–Crippen MR) is 167 cm³/mol. The molecule has 2 unspecified atom stereocenters. The Morgan fingerprint density at radius 3 is 2.52 bits per heavy atom. The maximum atomic E-state index is 13.0. The number of nitrogens with one attached hydrogen (secondary N) is 2. The molecule has 0 aliphatic carbocycles. The van der Waals surface area contributed by atoms with Crippen LogP contribution in [0.1, 0.15) is 61.4 Å². The fraction of sp³-hybridized carbons (Fsp3) is 0.452. The van der Waals surface area contributed by atoms with E-state index in [1.807, 2.05) is 38.4 Å². The zero-order valence-corrected chi connectivity index (χ0v) is 25.9. The Morgan fingerprint density at radius 2 is 1.80 bits per heavy atom. The highest BCUT2D eigenvalue weighted by Gasteiger charge is 2.32. The van der Waals surface area contributed by atoms with Gasteiger partial charge in [-0.3, -0.25) is 19.5 Å². The number of piperazine rings is 1. The molecule has 2 saturated heterocycles. The van der Waals surface area contributed by atoms with Gasteiger partial charge in [0.1, 0.15) is 11.7 Å². The van der Waals surface area contributed by atoms with Gasteiger partial charge < -0.3 is 20.4 Å². The van der Waals surface area contributed by atoms with Gasteiger partial charge in [-0.1, -0.05) is 32.9 Å². The molecule has 2 aliphatic heterocycles. The minimum absolute atomic E-state index is 0.0916. The van der Waals surface area contributed by atoms with Gasteiger partial charge in [0.05, 0.1) is 11.9 Å². The lowest BCUT2D eigenvalue weighted by molar-refractivity contribution is -0.139. The summed E-state index contributed by atoms with van der Waals surface area (Å²) in [5.41, 5.74) is 3.37. The number of piperidine rings is 1. The van der Waals surface area contributed by atoms with Crippen molar-refractivity contribution in [3.63, 3.8) is 0 Å². The van der Waals surface area contributed by atoms with Crippen molar-refractivity contribution in [2.45, 2.75) is 51.1 Å². The average Bonchev–Trinajstić information content (AvgIpc) is 3.49. The summed E-state index contributed by atoms with van der Waals surface area (Å²) < 4.78 is 1.71. The number of aromatic nitrogens is 6. The third-order valence-electron chi connectivity index (χ3n) is 8.26. The number of imidazole rings is 1. The van der Waals surface area contributed by atoms with Gasteiger partial charge in [-0.15, -0.1) is 5.10 Å². The number of nitrogens with zero attached hydrogens (tertiary/aromatic N) is 9. The summed E-state index contributed by atoms with van der Waals surface area (Å²) in [6.45, 7) is 9.06. The molecule has 2 amide bonds. The SMILES string of the molecule is CN1CCN(C)C(c2ccc(Nc3nc(N4CCCC(NC(=O)c5cnc(C(C)(C)C)cn5)C4)nn4ccnc34)cc2)C1=O. The second kappa shape index (κ2) is 11.8. The Bertz CT molecular complexity index is 1650. The summed E-state index contributed by atoms with van der Waals surface area (Å²) in [6, 6.07) is 7.47. The number of hydrogen-bond acceptors (Lipinski definition) is 10. The fourth-order valence-corrected chi connectivity index (χ4v) is 5.63. The van der Waals surface area contributed by atoms with Gasteiger partial charge >= 0.3 is 0 Å². The van der Waals surface area contributed by atoms with E-state index in [2.05, 4.69) is 56.2 Å². The second-order valence-electron chi connectivity index (χ2n) is 12.6. The summed E-state index contributed by atoms with van der Waals surface area (Å²) in [7, 11) is 3.83. The smallest absolute Gasteiger partial charge is 0.271 e. The lowest BCUT2D eigenvalue weighted by Crippen LogP contribution is -2.48. The number of anilines is 3. The van der Waals surface area contributed by atoms with Gasteiger partial charge in [0.25, 0.3) is 5.91 Å². The Morgan fingerprint density at radius 1 is 1.00 bits per heavy atom. The van der Waals surface area contributed by atoms with E-state index >= 15 is 0 Å². The van der Waals surface area contributed by atoms with Gasteiger partial charge in [-0.25, -0.2) is 14.5 Å². The lowest BCUT2D eigenvalue weighted by atomic mass is 9.93. The van der Waals surface area contributed by atoms with Crippen LogP contribution in [0.5, 0.6) is 0 Å². The molecule has 2 atom stereocenters. The van der Waals surface area contributed by atoms with Crippen LogP contribution in [-0.4, -0.2) is 97.5 Å². The van der Waals surface area contributed by atoms with Crippen molar-refractivity contribution in [3.05, 3.63) is 66.0 Å². The lowest BCUT2D eigenvalue weighted by Gasteiger charge is -2.37. The molecule has 5 heterocycles. The molecule has 6 rings (SSSR count). The number of benzene rings is 1. The first-order valence-corrected chi connectivity index (χ1v) is 15.0. The van der Waals surface area contributed by atoms with Crippen LogP contribution < -0.4 is 15.5 Å². The van der Waals surface area contributed by atoms with Crippen LogP contribution >= 0.6 is 0 Å². The highest BCUT2D eigenvalue weighted by Crippen LogP contribution is 2.28. The van der Waals surface area contributed by atoms with Crippen molar-refractivity contribution in [3.8, 4) is 0 Å². The third kappa shape index (κ3) is 6.05. The van der Waals surface area contributed by atoms with Crippen LogP contribution in [0.25, 0.3) is 5.65 Å². The van der Waals surface area contributed by atoms with Gasteiger partial charge in [-0.2, -0.15) is 4.98 Å². The number of fused-ring (bicyclic) bond motifs is 1. The maximum absolute atomic E-state index is 13.0. The number of hydrogen-bond donors (Lipinski definition) is 2. The van der Waals surface area contributed by atoms with Crippen molar-refractivity contribution in [2.75, 3.05) is 50.5 Å². The highest BCUT2D eigenvalue weighted by atomic mass is 16.2. The van der Waals surface area contributed by atoms with Crippen LogP contribution in [0.2, 0.25) is 0 Å². The molecule has 2 aliphatic rings. The number of amides is 2. The Labute approximate surface area is 256 Å². The molecule has 0 bridgehead atoms. The molecule has 0 spiro atoms. The van der Waals surface area contributed by atoms with Crippen LogP contribution in [0.15, 0.2) is 49.1 Å². The zero-order valence-electron chi connectivity index (χ0n) is 25.9. The van der Waals surface area contributed by atoms with E-state index < -0.39 is 0 Å². The van der Waals surface area contributed by atoms with Gasteiger partial charge in [0, 0.05) is 69.0 Å². The third-order valence-corrected chi connectivity index (χ3v) is 8.26. The zero-order chi connectivity index (χ0) is 31.0. The van der Waals surface area contributed by atoms with E-state index in [1.165, 1.54) is 0 Å². The molecule has 13 heteroatoms. The maximum Gasteiger partial charge on any atom is 0.271 e. The van der Waals surface area contributed by atoms with Crippen molar-refractivity contribution in [1.82, 2.24) is 44.7 Å². The molecule has 1 aromatic carbocycles. The number of carbonyl (C=O) groups is 2. The van der Waals surface area contributed by atoms with E-state index in [0.717, 1.165) is 49.4 Å². The fourth-order valence-electron chi connectivity index (χ4n) is 5.63. The first kappa shape index (κ1) is 29.4. The minimum atomic E-state index is -0.296. The summed E-state index contributed by atoms with van der Waals surface area (Å²) in [5.74, 6) is 0.967. The number of carbonyl (C=O) groups excluding carboxylic acids is 2. The molecule has 13 nitrogen and oxygen atoms in total. The van der Waals surface area contributed by atoms with Crippen molar-refractivity contribution < 1.29 is 9.59 Å². The van der Waals surface area contributed by atoms with Crippen LogP contribution in [0.4, 0.5) is 17.5 Å². The van der Waals surface area contributed by atoms with Gasteiger partial charge in [-0.05, 0) is 37.6 Å². The predicted octanol–water partition coefficient (Wildman–Crippen LogP) is 2.80. The Balaban J connectivity index is 1.16. The molecule has 2 fully saturated rings. The standard InChI is InChI=1S/C31H39N11O2/c1-31(2,3)24-18-33-23(17-34-24)28(43)36-22-7-6-13-41(19-22)30-37-26(27-32-12-14-42(27)38-30)35-21-10-8-20(9-11-21)25-29(44)40(5)16-15-39(25)4/h8-12,14,17-18,22,25H,6-7,13,15-16,19H2,1-5H3,(H,36,43)(H,35,37,38). The minimum Gasteiger partial charge on any atom is -0.346 e. The van der Waals surface area contributed by atoms with E-state index in [-0.39, 0.29) is 29.3 Å². The average molecular weight is 598 g/mol. The van der Waals surface area contributed by atoms with Crippen LogP contribution in [0.3, 0.4) is 0 Å². The van der Waals surface area contributed by atoms with Crippen LogP contribution in [0, 0.1) is 0 Å². The monoisotopic (exact) mass is 597 g/mol. The molecule has 3 aromatic heterocycles. The summed E-state index contributed by atoms with van der Waals surface area (Å²) in [6.07, 6.45) is 8.41. The normalized spacial score (nSPS) is 19.8. The van der Waals surface area contributed by atoms with E-state index in [1.54, 1.807) is 34.2 Å². The number of likely N-dealkylation sites (N-methyl/N-ethyl adjacent to an activating group) is 2. The number of rotatable bonds is 6. The molecule has 230 valence electrons. The topological polar surface area (TPSA) is 137 Å². The molecule has 44 heavy (non-hydrogen) atoms. The Hall–Kier alpha value is -4.65. The molecule has 0 radical (unpaired) electrons. The van der Waals surface area contributed by atoms with Gasteiger partial charge in [0.2, 0.25) is 11.9 Å².